The zero-order valence-electron chi connectivity index (χ0n) is 10.8. The molecule has 0 bridgehead atoms. The molecule has 0 saturated carbocycles. The zero-order valence-corrected chi connectivity index (χ0v) is 10.8. The van der Waals surface area contributed by atoms with Crippen LogP contribution in [-0.4, -0.2) is 22.3 Å². The standard InChI is InChI=1S/C13H23N3O/c1-10(2)6-12(14)13-7-15-9-16(13)8-11-4-3-5-17-11/h7,9-12H,3-6,8,14H2,1-2H3. The number of rotatable bonds is 5. The van der Waals surface area contributed by atoms with E-state index in [1.807, 2.05) is 12.5 Å². The number of nitrogens with two attached hydrogens (primary N) is 1. The monoisotopic (exact) mass is 237 g/mol. The van der Waals surface area contributed by atoms with Crippen molar-refractivity contribution in [2.75, 3.05) is 6.61 Å². The molecule has 1 saturated heterocycles. The molecule has 0 radical (unpaired) electrons. The maximum Gasteiger partial charge on any atom is 0.0949 e. The smallest absolute Gasteiger partial charge is 0.0949 e. The lowest BCUT2D eigenvalue weighted by Gasteiger charge is -2.18. The molecule has 0 amide bonds. The van der Waals surface area contributed by atoms with Gasteiger partial charge < -0.3 is 15.0 Å². The second-order valence-corrected chi connectivity index (χ2v) is 5.34. The first-order valence-corrected chi connectivity index (χ1v) is 6.54. The maximum absolute atomic E-state index is 6.21. The molecule has 0 spiro atoms. The van der Waals surface area contributed by atoms with Gasteiger partial charge in [0.2, 0.25) is 0 Å². The molecule has 1 aromatic heterocycles. The summed E-state index contributed by atoms with van der Waals surface area (Å²) in [5, 5.41) is 0. The van der Waals surface area contributed by atoms with Crippen molar-refractivity contribution in [3.8, 4) is 0 Å². The van der Waals surface area contributed by atoms with Gasteiger partial charge in [0.25, 0.3) is 0 Å². The third-order valence-electron chi connectivity index (χ3n) is 3.27. The summed E-state index contributed by atoms with van der Waals surface area (Å²) < 4.78 is 7.81. The van der Waals surface area contributed by atoms with E-state index in [4.69, 9.17) is 10.5 Å². The highest BCUT2D eigenvalue weighted by Gasteiger charge is 2.19. The molecule has 0 aromatic carbocycles. The van der Waals surface area contributed by atoms with Crippen molar-refractivity contribution >= 4 is 0 Å². The molecule has 2 unspecified atom stereocenters. The van der Waals surface area contributed by atoms with Crippen molar-refractivity contribution in [2.24, 2.45) is 11.7 Å². The lowest BCUT2D eigenvalue weighted by atomic mass is 10.0. The number of imidazole rings is 1. The van der Waals surface area contributed by atoms with Gasteiger partial charge in [-0.05, 0) is 25.2 Å². The van der Waals surface area contributed by atoms with Gasteiger partial charge in [0.1, 0.15) is 0 Å². The van der Waals surface area contributed by atoms with Crippen molar-refractivity contribution in [1.82, 2.24) is 9.55 Å². The van der Waals surface area contributed by atoms with Crippen molar-refractivity contribution < 1.29 is 4.74 Å². The Labute approximate surface area is 103 Å². The minimum atomic E-state index is 0.0823. The predicted octanol–water partition coefficient (Wildman–Crippen LogP) is 2.11. The van der Waals surface area contributed by atoms with Gasteiger partial charge >= 0.3 is 0 Å². The van der Waals surface area contributed by atoms with Gasteiger partial charge in [-0.3, -0.25) is 0 Å². The summed E-state index contributed by atoms with van der Waals surface area (Å²) >= 11 is 0. The van der Waals surface area contributed by atoms with E-state index in [0.717, 1.165) is 31.7 Å². The molecule has 2 heterocycles. The lowest BCUT2D eigenvalue weighted by molar-refractivity contribution is 0.0960. The van der Waals surface area contributed by atoms with Crippen molar-refractivity contribution in [3.05, 3.63) is 18.2 Å². The molecule has 1 aromatic rings. The van der Waals surface area contributed by atoms with Gasteiger partial charge in [0, 0.05) is 18.8 Å². The normalized spacial score (nSPS) is 22.2. The molecule has 17 heavy (non-hydrogen) atoms. The summed E-state index contributed by atoms with van der Waals surface area (Å²) in [6, 6.07) is 0.0823. The summed E-state index contributed by atoms with van der Waals surface area (Å²) in [6.45, 7) is 6.18. The molecule has 1 fully saturated rings. The van der Waals surface area contributed by atoms with Gasteiger partial charge in [0.05, 0.1) is 24.7 Å². The van der Waals surface area contributed by atoms with Crippen molar-refractivity contribution in [2.45, 2.75) is 51.8 Å². The first-order valence-electron chi connectivity index (χ1n) is 6.54. The number of ether oxygens (including phenoxy) is 1. The Balaban J connectivity index is 2.00. The van der Waals surface area contributed by atoms with E-state index in [1.54, 1.807) is 0 Å². The number of hydrogen-bond donors (Lipinski definition) is 1. The highest BCUT2D eigenvalue weighted by Crippen LogP contribution is 2.21. The lowest BCUT2D eigenvalue weighted by Crippen LogP contribution is -2.21. The molecule has 4 heteroatoms. The number of aromatic nitrogens is 2. The summed E-state index contributed by atoms with van der Waals surface area (Å²) in [4.78, 5) is 4.22. The average molecular weight is 237 g/mol. The maximum atomic E-state index is 6.21. The number of hydrogen-bond acceptors (Lipinski definition) is 3. The quantitative estimate of drug-likeness (QED) is 0.853. The molecular weight excluding hydrogens is 214 g/mol. The Morgan fingerprint density at radius 3 is 3.06 bits per heavy atom. The van der Waals surface area contributed by atoms with E-state index in [-0.39, 0.29) is 6.04 Å². The van der Waals surface area contributed by atoms with Crippen LogP contribution >= 0.6 is 0 Å². The van der Waals surface area contributed by atoms with Gasteiger partial charge in [0.15, 0.2) is 0 Å². The molecule has 4 nitrogen and oxygen atoms in total. The SMILES string of the molecule is CC(C)CC(N)c1cncn1CC1CCCO1. The zero-order chi connectivity index (χ0) is 12.3. The summed E-state index contributed by atoms with van der Waals surface area (Å²) in [7, 11) is 0. The van der Waals surface area contributed by atoms with Gasteiger partial charge in [-0.2, -0.15) is 0 Å². The van der Waals surface area contributed by atoms with Crippen molar-refractivity contribution in [1.29, 1.82) is 0 Å². The third-order valence-corrected chi connectivity index (χ3v) is 3.27. The molecule has 0 aliphatic carbocycles. The van der Waals surface area contributed by atoms with Crippen molar-refractivity contribution in [3.63, 3.8) is 0 Å². The highest BCUT2D eigenvalue weighted by atomic mass is 16.5. The second-order valence-electron chi connectivity index (χ2n) is 5.34. The highest BCUT2D eigenvalue weighted by molar-refractivity contribution is 5.05. The van der Waals surface area contributed by atoms with Gasteiger partial charge in [-0.1, -0.05) is 13.8 Å². The fourth-order valence-electron chi connectivity index (χ4n) is 2.43. The molecule has 1 aliphatic rings. The van der Waals surface area contributed by atoms with E-state index in [2.05, 4.69) is 23.4 Å². The van der Waals surface area contributed by atoms with Gasteiger partial charge in [-0.15, -0.1) is 0 Å². The second kappa shape index (κ2) is 5.65. The van der Waals surface area contributed by atoms with E-state index in [1.165, 1.54) is 6.42 Å². The van der Waals surface area contributed by atoms with Crippen LogP contribution in [0.4, 0.5) is 0 Å². The topological polar surface area (TPSA) is 53.1 Å². The first-order chi connectivity index (χ1) is 8.16. The van der Waals surface area contributed by atoms with Crippen LogP contribution in [0.2, 0.25) is 0 Å². The number of nitrogens with zero attached hydrogens (tertiary/aromatic N) is 2. The van der Waals surface area contributed by atoms with E-state index in [0.29, 0.717) is 12.0 Å². The van der Waals surface area contributed by atoms with E-state index in [9.17, 15) is 0 Å². The van der Waals surface area contributed by atoms with Crippen LogP contribution in [-0.2, 0) is 11.3 Å². The molecule has 2 rings (SSSR count). The van der Waals surface area contributed by atoms with Crippen LogP contribution in [0.1, 0.15) is 44.8 Å². The minimum absolute atomic E-state index is 0.0823. The molecule has 2 N–H and O–H groups in total. The summed E-state index contributed by atoms with van der Waals surface area (Å²) in [6.07, 6.45) is 7.43. The molecule has 96 valence electrons. The van der Waals surface area contributed by atoms with E-state index >= 15 is 0 Å². The molecule has 2 atom stereocenters. The van der Waals surface area contributed by atoms with Crippen LogP contribution in [0.3, 0.4) is 0 Å². The average Bonchev–Trinajstić information content (AvgIpc) is 2.88. The Morgan fingerprint density at radius 1 is 1.59 bits per heavy atom. The Morgan fingerprint density at radius 2 is 2.41 bits per heavy atom. The summed E-state index contributed by atoms with van der Waals surface area (Å²) in [5.74, 6) is 0.607. The van der Waals surface area contributed by atoms with Crippen LogP contribution in [0.5, 0.6) is 0 Å². The Kier molecular flexibility index (Phi) is 4.18. The predicted molar refractivity (Wildman–Crippen MR) is 67.6 cm³/mol. The minimum Gasteiger partial charge on any atom is -0.376 e. The van der Waals surface area contributed by atoms with Crippen LogP contribution in [0, 0.1) is 5.92 Å². The summed E-state index contributed by atoms with van der Waals surface area (Å²) in [5.41, 5.74) is 7.35. The van der Waals surface area contributed by atoms with E-state index < -0.39 is 0 Å². The third kappa shape index (κ3) is 3.30. The molecule has 1 aliphatic heterocycles. The van der Waals surface area contributed by atoms with Crippen LogP contribution in [0.25, 0.3) is 0 Å². The molecular formula is C13H23N3O. The Bertz CT molecular complexity index is 342. The van der Waals surface area contributed by atoms with Crippen LogP contribution in [0.15, 0.2) is 12.5 Å². The fraction of sp³-hybridized carbons (Fsp3) is 0.769. The Hall–Kier alpha value is -0.870. The first kappa shape index (κ1) is 12.6. The fourth-order valence-corrected chi connectivity index (χ4v) is 2.43. The van der Waals surface area contributed by atoms with Crippen LogP contribution < -0.4 is 5.73 Å². The van der Waals surface area contributed by atoms with Gasteiger partial charge in [-0.25, -0.2) is 4.98 Å². The largest absolute Gasteiger partial charge is 0.376 e.